The van der Waals surface area contributed by atoms with Crippen LogP contribution in [0.1, 0.15) is 16.2 Å². The molecule has 1 aromatic heterocycles. The highest BCUT2D eigenvalue weighted by molar-refractivity contribution is 7.89. The lowest BCUT2D eigenvalue weighted by atomic mass is 10.2. The second-order valence-corrected chi connectivity index (χ2v) is 5.56. The summed E-state index contributed by atoms with van der Waals surface area (Å²) in [6.45, 7) is -0.164. The summed E-state index contributed by atoms with van der Waals surface area (Å²) in [5.74, 6) is -1.09. The number of aromatic amines is 1. The van der Waals surface area contributed by atoms with Gasteiger partial charge in [-0.05, 0) is 18.2 Å². The minimum absolute atomic E-state index is 0.0736. The number of aromatic nitrogens is 4. The molecule has 0 bridgehead atoms. The van der Waals surface area contributed by atoms with Crippen LogP contribution in [-0.4, -0.2) is 47.2 Å². The molecule has 11 heteroatoms. The van der Waals surface area contributed by atoms with Crippen LogP contribution >= 0.6 is 0 Å². The van der Waals surface area contributed by atoms with Crippen molar-refractivity contribution in [1.29, 1.82) is 0 Å². The van der Waals surface area contributed by atoms with Crippen molar-refractivity contribution in [3.63, 3.8) is 0 Å². The molecule has 0 unspecified atom stereocenters. The van der Waals surface area contributed by atoms with E-state index >= 15 is 0 Å². The van der Waals surface area contributed by atoms with Crippen molar-refractivity contribution in [1.82, 2.24) is 25.3 Å². The Hall–Kier alpha value is -2.53. The van der Waals surface area contributed by atoms with Crippen LogP contribution in [0.4, 0.5) is 0 Å². The highest BCUT2D eigenvalue weighted by Gasteiger charge is 2.21. The predicted molar refractivity (Wildman–Crippen MR) is 68.2 cm³/mol. The number of benzene rings is 1. The molecule has 2 aromatic rings. The van der Waals surface area contributed by atoms with Gasteiger partial charge in [0.25, 0.3) is 0 Å². The standard InChI is InChI=1S/C10H11N5O5S/c1-20-7-4-6(10(16)17)2-3-8(7)21(18,19)11-5-9-12-14-15-13-9/h2-4,11H,5H2,1H3,(H,16,17)(H,12,13,14,15). The molecule has 0 amide bonds. The number of carboxylic acids is 1. The highest BCUT2D eigenvalue weighted by Crippen LogP contribution is 2.25. The Balaban J connectivity index is 2.28. The van der Waals surface area contributed by atoms with Crippen molar-refractivity contribution in [2.45, 2.75) is 11.4 Å². The first-order valence-corrected chi connectivity index (χ1v) is 7.05. The Morgan fingerprint density at radius 1 is 1.48 bits per heavy atom. The number of nitrogens with one attached hydrogen (secondary N) is 2. The van der Waals surface area contributed by atoms with Crippen LogP contribution in [0.2, 0.25) is 0 Å². The first-order chi connectivity index (χ1) is 9.94. The van der Waals surface area contributed by atoms with Crippen molar-refractivity contribution in [2.24, 2.45) is 0 Å². The summed E-state index contributed by atoms with van der Waals surface area (Å²) in [5.41, 5.74) is -0.0797. The van der Waals surface area contributed by atoms with E-state index in [-0.39, 0.29) is 28.6 Å². The third-order valence-corrected chi connectivity index (χ3v) is 3.95. The number of hydrogen-bond acceptors (Lipinski definition) is 7. The molecule has 1 heterocycles. The molecule has 0 aliphatic rings. The zero-order valence-corrected chi connectivity index (χ0v) is 11.6. The zero-order chi connectivity index (χ0) is 15.5. The van der Waals surface area contributed by atoms with Gasteiger partial charge in [0.2, 0.25) is 10.0 Å². The fourth-order valence-corrected chi connectivity index (χ4v) is 2.65. The molecule has 2 rings (SSSR count). The van der Waals surface area contributed by atoms with E-state index in [1.807, 2.05) is 0 Å². The van der Waals surface area contributed by atoms with Crippen molar-refractivity contribution >= 4 is 16.0 Å². The SMILES string of the molecule is COc1cc(C(=O)O)ccc1S(=O)(=O)NCc1nn[nH]n1. The number of carbonyl (C=O) groups is 1. The van der Waals surface area contributed by atoms with Crippen molar-refractivity contribution < 1.29 is 23.1 Å². The molecule has 112 valence electrons. The second kappa shape index (κ2) is 5.85. The van der Waals surface area contributed by atoms with Crippen LogP contribution in [0.25, 0.3) is 0 Å². The number of methoxy groups -OCH3 is 1. The Kier molecular flexibility index (Phi) is 4.14. The van der Waals surface area contributed by atoms with Gasteiger partial charge in [-0.2, -0.15) is 5.21 Å². The fraction of sp³-hybridized carbons (Fsp3) is 0.200. The number of sulfonamides is 1. The molecule has 0 saturated carbocycles. The van der Waals surface area contributed by atoms with E-state index in [2.05, 4.69) is 25.3 Å². The lowest BCUT2D eigenvalue weighted by molar-refractivity contribution is 0.0696. The molecule has 3 N–H and O–H groups in total. The largest absolute Gasteiger partial charge is 0.495 e. The zero-order valence-electron chi connectivity index (χ0n) is 10.8. The molecule has 0 fully saturated rings. The van der Waals surface area contributed by atoms with E-state index in [1.165, 1.54) is 13.2 Å². The van der Waals surface area contributed by atoms with Gasteiger partial charge in [0, 0.05) is 0 Å². The maximum Gasteiger partial charge on any atom is 0.335 e. The van der Waals surface area contributed by atoms with Gasteiger partial charge in [0.1, 0.15) is 10.6 Å². The third-order valence-electron chi connectivity index (χ3n) is 2.51. The fourth-order valence-electron chi connectivity index (χ4n) is 1.52. The number of H-pyrrole nitrogens is 1. The molecule has 21 heavy (non-hydrogen) atoms. The molecule has 0 atom stereocenters. The van der Waals surface area contributed by atoms with Crippen LogP contribution < -0.4 is 9.46 Å². The Morgan fingerprint density at radius 3 is 2.81 bits per heavy atom. The van der Waals surface area contributed by atoms with Gasteiger partial charge in [-0.3, -0.25) is 0 Å². The highest BCUT2D eigenvalue weighted by atomic mass is 32.2. The first kappa shape index (κ1) is 14.9. The van der Waals surface area contributed by atoms with E-state index in [1.54, 1.807) is 0 Å². The Labute approximate surface area is 119 Å². The van der Waals surface area contributed by atoms with E-state index < -0.39 is 16.0 Å². The second-order valence-electron chi connectivity index (χ2n) is 3.82. The summed E-state index contributed by atoms with van der Waals surface area (Å²) in [7, 11) is -2.66. The number of rotatable bonds is 6. The molecular formula is C10H11N5O5S. The van der Waals surface area contributed by atoms with Crippen LogP contribution in [-0.2, 0) is 16.6 Å². The number of ether oxygens (including phenoxy) is 1. The topological polar surface area (TPSA) is 147 Å². The molecule has 0 aliphatic carbocycles. The van der Waals surface area contributed by atoms with Crippen LogP contribution in [0.5, 0.6) is 5.75 Å². The summed E-state index contributed by atoms with van der Waals surface area (Å²) < 4.78 is 31.5. The van der Waals surface area contributed by atoms with E-state index in [4.69, 9.17) is 9.84 Å². The Bertz CT molecular complexity index is 743. The molecule has 0 radical (unpaired) electrons. The summed E-state index contributed by atoms with van der Waals surface area (Å²) in [6, 6.07) is 3.46. The van der Waals surface area contributed by atoms with Gasteiger partial charge in [0.05, 0.1) is 19.2 Å². The normalized spacial score (nSPS) is 11.3. The van der Waals surface area contributed by atoms with Crippen LogP contribution in [0, 0.1) is 0 Å². The van der Waals surface area contributed by atoms with E-state index in [0.29, 0.717) is 0 Å². The third kappa shape index (κ3) is 3.32. The summed E-state index contributed by atoms with van der Waals surface area (Å²) in [4.78, 5) is 10.7. The van der Waals surface area contributed by atoms with Crippen molar-refractivity contribution in [3.8, 4) is 5.75 Å². The first-order valence-electron chi connectivity index (χ1n) is 5.57. The van der Waals surface area contributed by atoms with Gasteiger partial charge < -0.3 is 9.84 Å². The van der Waals surface area contributed by atoms with E-state index in [0.717, 1.165) is 12.1 Å². The molecule has 0 spiro atoms. The summed E-state index contributed by atoms with van der Waals surface area (Å²) >= 11 is 0. The summed E-state index contributed by atoms with van der Waals surface area (Å²) in [5, 5.41) is 21.6. The molecule has 0 saturated heterocycles. The van der Waals surface area contributed by atoms with Crippen LogP contribution in [0.15, 0.2) is 23.1 Å². The van der Waals surface area contributed by atoms with E-state index in [9.17, 15) is 13.2 Å². The maximum atomic E-state index is 12.2. The van der Waals surface area contributed by atoms with Gasteiger partial charge in [-0.1, -0.05) is 5.21 Å². The summed E-state index contributed by atoms with van der Waals surface area (Å²) in [6.07, 6.45) is 0. The Morgan fingerprint density at radius 2 is 2.24 bits per heavy atom. The monoisotopic (exact) mass is 313 g/mol. The van der Waals surface area contributed by atoms with Gasteiger partial charge in [-0.15, -0.1) is 10.2 Å². The molecule has 10 nitrogen and oxygen atoms in total. The van der Waals surface area contributed by atoms with Gasteiger partial charge in [-0.25, -0.2) is 17.9 Å². The number of tetrazole rings is 1. The van der Waals surface area contributed by atoms with Crippen molar-refractivity contribution in [3.05, 3.63) is 29.6 Å². The lowest BCUT2D eigenvalue weighted by Gasteiger charge is -2.10. The van der Waals surface area contributed by atoms with Gasteiger partial charge >= 0.3 is 5.97 Å². The molecule has 0 aliphatic heterocycles. The van der Waals surface area contributed by atoms with Crippen molar-refractivity contribution in [2.75, 3.05) is 7.11 Å². The van der Waals surface area contributed by atoms with Gasteiger partial charge in [0.15, 0.2) is 5.82 Å². The average molecular weight is 313 g/mol. The number of carboxylic acid groups (broad SMARTS) is 1. The smallest absolute Gasteiger partial charge is 0.335 e. The minimum Gasteiger partial charge on any atom is -0.495 e. The number of nitrogens with zero attached hydrogens (tertiary/aromatic N) is 3. The predicted octanol–water partition coefficient (Wildman–Crippen LogP) is -0.615. The molecule has 1 aromatic carbocycles. The molecular weight excluding hydrogens is 302 g/mol. The quantitative estimate of drug-likeness (QED) is 0.639. The van der Waals surface area contributed by atoms with Crippen LogP contribution in [0.3, 0.4) is 0 Å². The maximum absolute atomic E-state index is 12.2. The minimum atomic E-state index is -3.91. The number of hydrogen-bond donors (Lipinski definition) is 3. The average Bonchev–Trinajstić information content (AvgIpc) is 2.97. The lowest BCUT2D eigenvalue weighted by Crippen LogP contribution is -2.24. The number of aromatic carboxylic acids is 1.